The zero-order valence-electron chi connectivity index (χ0n) is 17.6. The zero-order valence-corrected chi connectivity index (χ0v) is 19.2. The summed E-state index contributed by atoms with van der Waals surface area (Å²) < 4.78 is 16.1. The van der Waals surface area contributed by atoms with E-state index in [2.05, 4.69) is 31.8 Å². The Bertz CT molecular complexity index is 992. The predicted molar refractivity (Wildman–Crippen MR) is 122 cm³/mol. The van der Waals surface area contributed by atoms with Crippen LogP contribution in [0.4, 0.5) is 4.79 Å². The highest BCUT2D eigenvalue weighted by atomic mass is 79.9. The van der Waals surface area contributed by atoms with Crippen LogP contribution in [-0.2, 0) is 16.0 Å². The van der Waals surface area contributed by atoms with Crippen LogP contribution in [0.1, 0.15) is 18.1 Å². The molecule has 2 rings (SSSR count). The van der Waals surface area contributed by atoms with Crippen molar-refractivity contribution in [3.05, 3.63) is 58.1 Å². The first-order chi connectivity index (χ1) is 15.5. The second-order valence-corrected chi connectivity index (χ2v) is 7.18. The van der Waals surface area contributed by atoms with E-state index in [0.29, 0.717) is 21.5 Å². The highest BCUT2D eigenvalue weighted by molar-refractivity contribution is 9.10. The maximum atomic E-state index is 12.7. The van der Waals surface area contributed by atoms with Gasteiger partial charge in [-0.25, -0.2) is 10.2 Å². The first kappa shape index (κ1) is 24.7. The average molecular weight is 503 g/mol. The fourth-order valence-electron chi connectivity index (χ4n) is 2.68. The summed E-state index contributed by atoms with van der Waals surface area (Å²) in [7, 11) is 1.47. The number of nitrogens with one attached hydrogen (secondary N) is 2. The van der Waals surface area contributed by atoms with Crippen molar-refractivity contribution in [1.82, 2.24) is 10.7 Å². The molecule has 0 heterocycles. The highest BCUT2D eigenvalue weighted by Gasteiger charge is 2.21. The zero-order chi connectivity index (χ0) is 23.3. The highest BCUT2D eigenvalue weighted by Crippen LogP contribution is 2.36. The molecule has 2 amide bonds. The van der Waals surface area contributed by atoms with E-state index >= 15 is 0 Å². The summed E-state index contributed by atoms with van der Waals surface area (Å²) in [5.74, 6) is 0.281. The van der Waals surface area contributed by atoms with Crippen LogP contribution in [0.15, 0.2) is 52.0 Å². The van der Waals surface area contributed by atoms with Crippen LogP contribution in [0.3, 0.4) is 0 Å². The number of nitriles is 1. The second-order valence-electron chi connectivity index (χ2n) is 6.32. The molecular weight excluding hydrogens is 480 g/mol. The van der Waals surface area contributed by atoms with Crippen LogP contribution in [-0.4, -0.2) is 44.6 Å². The largest absolute Gasteiger partial charge is 0.493 e. The number of alkyl carbamates (subject to hydrolysis) is 1. The van der Waals surface area contributed by atoms with Crippen LogP contribution >= 0.6 is 15.9 Å². The van der Waals surface area contributed by atoms with Gasteiger partial charge < -0.3 is 19.5 Å². The van der Waals surface area contributed by atoms with Crippen molar-refractivity contribution in [2.75, 3.05) is 20.3 Å². The van der Waals surface area contributed by atoms with Gasteiger partial charge in [0, 0.05) is 6.42 Å². The number of methoxy groups -OCH3 is 1. The number of halogens is 1. The molecule has 0 spiro atoms. The third kappa shape index (κ3) is 7.59. The standard InChI is InChI=1S/C22H23BrN4O5/c1-3-31-22(29)26-18(12-15-7-5-4-6-8-15)21(28)27-25-14-16-11-17(23)20(32-10-9-24)19(13-16)30-2/h4-8,11,13-14,18H,3,10,12H2,1-2H3,(H,26,29)(H,27,28)/b25-14-/t18-/m1/s1. The summed E-state index contributed by atoms with van der Waals surface area (Å²) in [6.45, 7) is 1.74. The molecule has 0 unspecified atom stereocenters. The molecule has 0 aliphatic carbocycles. The summed E-state index contributed by atoms with van der Waals surface area (Å²) in [5, 5.41) is 15.2. The number of ether oxygens (including phenoxy) is 3. The quantitative estimate of drug-likeness (QED) is 0.380. The van der Waals surface area contributed by atoms with E-state index in [1.165, 1.54) is 13.3 Å². The van der Waals surface area contributed by atoms with Gasteiger partial charge in [0.05, 0.1) is 24.4 Å². The van der Waals surface area contributed by atoms with Crippen molar-refractivity contribution in [2.24, 2.45) is 5.10 Å². The Morgan fingerprint density at radius 3 is 2.69 bits per heavy atom. The van der Waals surface area contributed by atoms with Crippen molar-refractivity contribution >= 4 is 34.1 Å². The maximum absolute atomic E-state index is 12.7. The molecule has 0 aliphatic rings. The van der Waals surface area contributed by atoms with Crippen LogP contribution in [0.2, 0.25) is 0 Å². The Kier molecular flexibility index (Phi) is 10.0. The third-order valence-electron chi connectivity index (χ3n) is 4.09. The number of hydrogen-bond acceptors (Lipinski definition) is 7. The molecule has 1 atom stereocenters. The van der Waals surface area contributed by atoms with Gasteiger partial charge in [0.25, 0.3) is 5.91 Å². The Morgan fingerprint density at radius 2 is 2.03 bits per heavy atom. The Morgan fingerprint density at radius 1 is 1.28 bits per heavy atom. The fraction of sp³-hybridized carbons (Fsp3) is 0.273. The normalized spacial score (nSPS) is 11.3. The molecule has 2 N–H and O–H groups in total. The molecule has 0 fully saturated rings. The SMILES string of the molecule is CCOC(=O)N[C@H](Cc1ccccc1)C(=O)N/N=C\c1cc(Br)c(OCC#N)c(OC)c1. The van der Waals surface area contributed by atoms with E-state index in [4.69, 9.17) is 19.5 Å². The summed E-state index contributed by atoms with van der Waals surface area (Å²) in [4.78, 5) is 24.5. The molecule has 10 heteroatoms. The second kappa shape index (κ2) is 13.0. The monoisotopic (exact) mass is 502 g/mol. The molecular formula is C22H23BrN4O5. The smallest absolute Gasteiger partial charge is 0.407 e. The molecule has 0 radical (unpaired) electrons. The minimum atomic E-state index is -0.878. The van der Waals surface area contributed by atoms with Crippen molar-refractivity contribution in [3.8, 4) is 17.6 Å². The fourth-order valence-corrected chi connectivity index (χ4v) is 3.26. The minimum absolute atomic E-state index is 0.130. The Labute approximate surface area is 194 Å². The van der Waals surface area contributed by atoms with Crippen LogP contribution in [0.25, 0.3) is 0 Å². The topological polar surface area (TPSA) is 122 Å². The molecule has 9 nitrogen and oxygen atoms in total. The molecule has 0 aliphatic heterocycles. The van der Waals surface area contributed by atoms with Gasteiger partial charge in [0.2, 0.25) is 0 Å². The number of carbonyl (C=O) groups excluding carboxylic acids is 2. The van der Waals surface area contributed by atoms with Gasteiger partial charge in [-0.15, -0.1) is 0 Å². The molecule has 0 aromatic heterocycles. The van der Waals surface area contributed by atoms with Gasteiger partial charge in [-0.2, -0.15) is 10.4 Å². The summed E-state index contributed by atoms with van der Waals surface area (Å²) in [6, 6.07) is 13.6. The van der Waals surface area contributed by atoms with E-state index in [9.17, 15) is 9.59 Å². The van der Waals surface area contributed by atoms with Gasteiger partial charge in [-0.05, 0) is 46.1 Å². The number of nitrogens with zero attached hydrogens (tertiary/aromatic N) is 2. The number of benzene rings is 2. The lowest BCUT2D eigenvalue weighted by atomic mass is 10.1. The molecule has 2 aromatic rings. The average Bonchev–Trinajstić information content (AvgIpc) is 2.78. The van der Waals surface area contributed by atoms with E-state index < -0.39 is 18.0 Å². The van der Waals surface area contributed by atoms with Crippen molar-refractivity contribution in [3.63, 3.8) is 0 Å². The summed E-state index contributed by atoms with van der Waals surface area (Å²) in [5.41, 5.74) is 3.91. The third-order valence-corrected chi connectivity index (χ3v) is 4.68. The van der Waals surface area contributed by atoms with Crippen molar-refractivity contribution in [2.45, 2.75) is 19.4 Å². The number of carbonyl (C=O) groups is 2. The lowest BCUT2D eigenvalue weighted by Gasteiger charge is -2.17. The van der Waals surface area contributed by atoms with Crippen LogP contribution in [0.5, 0.6) is 11.5 Å². The molecule has 32 heavy (non-hydrogen) atoms. The van der Waals surface area contributed by atoms with E-state index in [1.54, 1.807) is 19.1 Å². The molecule has 2 aromatic carbocycles. The minimum Gasteiger partial charge on any atom is -0.493 e. The Balaban J connectivity index is 2.11. The number of hydrogen-bond donors (Lipinski definition) is 2. The lowest BCUT2D eigenvalue weighted by molar-refractivity contribution is -0.123. The van der Waals surface area contributed by atoms with Crippen LogP contribution < -0.4 is 20.2 Å². The van der Waals surface area contributed by atoms with Crippen molar-refractivity contribution < 1.29 is 23.8 Å². The van der Waals surface area contributed by atoms with E-state index in [1.807, 2.05) is 36.4 Å². The number of rotatable bonds is 10. The molecule has 0 saturated carbocycles. The number of amides is 2. The summed E-state index contributed by atoms with van der Waals surface area (Å²) in [6.07, 6.45) is 1.00. The first-order valence-corrected chi connectivity index (χ1v) is 10.4. The molecule has 0 saturated heterocycles. The van der Waals surface area contributed by atoms with Gasteiger partial charge in [0.1, 0.15) is 12.1 Å². The Hall–Kier alpha value is -3.58. The van der Waals surface area contributed by atoms with Crippen LogP contribution in [0, 0.1) is 11.3 Å². The van der Waals surface area contributed by atoms with E-state index in [0.717, 1.165) is 5.56 Å². The van der Waals surface area contributed by atoms with Crippen molar-refractivity contribution in [1.29, 1.82) is 5.26 Å². The van der Waals surface area contributed by atoms with Gasteiger partial charge in [0.15, 0.2) is 18.1 Å². The lowest BCUT2D eigenvalue weighted by Crippen LogP contribution is -2.47. The predicted octanol–water partition coefficient (Wildman–Crippen LogP) is 3.17. The number of hydrazone groups is 1. The first-order valence-electron chi connectivity index (χ1n) is 9.65. The summed E-state index contributed by atoms with van der Waals surface area (Å²) >= 11 is 3.37. The molecule has 0 bridgehead atoms. The van der Waals surface area contributed by atoms with Gasteiger partial charge >= 0.3 is 6.09 Å². The van der Waals surface area contributed by atoms with Gasteiger partial charge in [-0.1, -0.05) is 30.3 Å². The molecule has 168 valence electrons. The maximum Gasteiger partial charge on any atom is 0.407 e. The van der Waals surface area contributed by atoms with Gasteiger partial charge in [-0.3, -0.25) is 4.79 Å². The van der Waals surface area contributed by atoms with E-state index in [-0.39, 0.29) is 19.6 Å².